The van der Waals surface area contributed by atoms with Gasteiger partial charge in [0, 0.05) is 12.5 Å². The first-order valence-corrected chi connectivity index (χ1v) is 17.5. The van der Waals surface area contributed by atoms with E-state index in [9.17, 15) is 24.2 Å². The Labute approximate surface area is 275 Å². The summed E-state index contributed by atoms with van der Waals surface area (Å²) in [5, 5.41) is 26.2. The van der Waals surface area contributed by atoms with Gasteiger partial charge in [-0.15, -0.1) is 0 Å². The van der Waals surface area contributed by atoms with Crippen LogP contribution in [-0.2, 0) is 14.3 Å². The maximum Gasteiger partial charge on any atom is 0.303 e. The van der Waals surface area contributed by atoms with Crippen LogP contribution in [0.3, 0.4) is 0 Å². The zero-order valence-electron chi connectivity index (χ0n) is 29.2. The van der Waals surface area contributed by atoms with E-state index in [0.29, 0.717) is 37.2 Å². The van der Waals surface area contributed by atoms with E-state index in [1.807, 2.05) is 20.8 Å². The first-order valence-electron chi connectivity index (χ1n) is 17.5. The van der Waals surface area contributed by atoms with Crippen LogP contribution in [0.1, 0.15) is 118 Å². The monoisotopic (exact) mass is 637 g/mol. The topological polar surface area (TPSA) is 95.9 Å². The molecule has 4 aliphatic rings. The maximum absolute atomic E-state index is 14.3. The van der Waals surface area contributed by atoms with Crippen molar-refractivity contribution in [1.82, 2.24) is 5.32 Å². The van der Waals surface area contributed by atoms with Gasteiger partial charge >= 0.3 is 5.97 Å². The Balaban J connectivity index is 1.59. The van der Waals surface area contributed by atoms with Gasteiger partial charge in [0.05, 0.1) is 18.2 Å². The number of fused-ring (bicyclic) bond motifs is 5. The summed E-state index contributed by atoms with van der Waals surface area (Å²) in [5.74, 6) is -0.484. The number of esters is 1. The Kier molecular flexibility index (Phi) is 9.71. The highest BCUT2D eigenvalue weighted by Gasteiger charge is 2.70. The maximum atomic E-state index is 14.3. The molecule has 0 unspecified atom stereocenters. The van der Waals surface area contributed by atoms with Crippen LogP contribution in [0.15, 0.2) is 47.1 Å². The normalized spacial score (nSPS) is 40.1. The smallest absolute Gasteiger partial charge is 0.303 e. The third-order valence-corrected chi connectivity index (χ3v) is 13.3. The molecule has 6 nitrogen and oxygen atoms in total. The van der Waals surface area contributed by atoms with E-state index < -0.39 is 12.2 Å². The summed E-state index contributed by atoms with van der Waals surface area (Å²) in [4.78, 5) is 26.9. The van der Waals surface area contributed by atoms with E-state index in [1.165, 1.54) is 19.1 Å². The second-order valence-electron chi connectivity index (χ2n) is 16.1. The highest BCUT2D eigenvalue weighted by atomic mass is 19.1. The summed E-state index contributed by atoms with van der Waals surface area (Å²) in [6, 6.07) is 5.81. The number of hydrogen-bond donors (Lipinski definition) is 3. The molecule has 7 heteroatoms. The van der Waals surface area contributed by atoms with Gasteiger partial charge in [-0.2, -0.15) is 0 Å². The van der Waals surface area contributed by atoms with Gasteiger partial charge in [0.15, 0.2) is 0 Å². The van der Waals surface area contributed by atoms with Crippen LogP contribution in [0.2, 0.25) is 0 Å². The number of aliphatic hydroxyl groups is 2. The van der Waals surface area contributed by atoms with Crippen molar-refractivity contribution in [2.24, 2.45) is 39.9 Å². The predicted octanol–water partition coefficient (Wildman–Crippen LogP) is 7.60. The lowest BCUT2D eigenvalue weighted by Crippen LogP contribution is -2.65. The van der Waals surface area contributed by atoms with Crippen molar-refractivity contribution in [2.45, 2.75) is 131 Å². The second kappa shape index (κ2) is 12.8. The highest BCUT2D eigenvalue weighted by Crippen LogP contribution is 2.74. The van der Waals surface area contributed by atoms with Crippen molar-refractivity contribution in [3.63, 3.8) is 0 Å². The number of aliphatic hydroxyl groups excluding tert-OH is 2. The summed E-state index contributed by atoms with van der Waals surface area (Å²) < 4.78 is 19.8. The molecule has 1 amide bonds. The molecule has 0 heterocycles. The molecule has 46 heavy (non-hydrogen) atoms. The van der Waals surface area contributed by atoms with E-state index in [4.69, 9.17) is 4.74 Å². The fourth-order valence-corrected chi connectivity index (χ4v) is 10.9. The lowest BCUT2D eigenvalue weighted by Gasteiger charge is -2.69. The Morgan fingerprint density at radius 3 is 2.35 bits per heavy atom. The van der Waals surface area contributed by atoms with E-state index in [1.54, 1.807) is 12.1 Å². The molecule has 4 aliphatic carbocycles. The quantitative estimate of drug-likeness (QED) is 0.163. The van der Waals surface area contributed by atoms with Crippen LogP contribution in [0.4, 0.5) is 4.39 Å². The van der Waals surface area contributed by atoms with Crippen LogP contribution < -0.4 is 5.32 Å². The molecule has 0 aliphatic heterocycles. The van der Waals surface area contributed by atoms with Crippen LogP contribution in [-0.4, -0.2) is 40.4 Å². The van der Waals surface area contributed by atoms with E-state index in [-0.39, 0.29) is 63.8 Å². The van der Waals surface area contributed by atoms with Crippen molar-refractivity contribution >= 4 is 11.9 Å². The van der Waals surface area contributed by atoms with Gasteiger partial charge in [0.2, 0.25) is 5.91 Å². The summed E-state index contributed by atoms with van der Waals surface area (Å²) in [5.41, 5.74) is 2.78. The molecule has 4 saturated carbocycles. The molecule has 0 radical (unpaired) electrons. The van der Waals surface area contributed by atoms with Crippen LogP contribution in [0.25, 0.3) is 0 Å². The lowest BCUT2D eigenvalue weighted by atomic mass is 9.36. The summed E-state index contributed by atoms with van der Waals surface area (Å²) in [6.45, 7) is 16.6. The number of carbonyl (C=O) groups excluding carboxylic acids is 2. The average Bonchev–Trinajstić information content (AvgIpc) is 3.24. The molecule has 3 N–H and O–H groups in total. The van der Waals surface area contributed by atoms with Crippen molar-refractivity contribution in [3.8, 4) is 0 Å². The van der Waals surface area contributed by atoms with Gasteiger partial charge in [-0.1, -0.05) is 51.5 Å². The van der Waals surface area contributed by atoms with E-state index >= 15 is 0 Å². The number of rotatable bonds is 7. The zero-order chi connectivity index (χ0) is 33.8. The minimum Gasteiger partial charge on any atom is -0.458 e. The fraction of sp³-hybridized carbons (Fsp3) is 0.692. The van der Waals surface area contributed by atoms with Gasteiger partial charge in [-0.05, 0) is 135 Å². The molecule has 0 bridgehead atoms. The van der Waals surface area contributed by atoms with Gasteiger partial charge in [-0.25, -0.2) is 4.39 Å². The molecule has 0 saturated heterocycles. The third-order valence-electron chi connectivity index (χ3n) is 13.3. The number of amides is 1. The Bertz CT molecular complexity index is 1380. The number of nitrogens with one attached hydrogen (secondary N) is 1. The standard InChI is InChI=1S/C39H56FNO5/c1-22(2)10-9-11-28(36(45)41-24(4)26-12-14-27(40)15-13-26)34-30-20-32(44)35-37(6)18-17-31(43)23(3)29(37)16-19-38(35,7)39(30,8)21-33(34)46-25(5)42/h10,12-15,23-24,29-33,35,43-44H,9,11,16-21H2,1-8H3,(H,41,45)/b34-28-/t23-,24-,29-,30-,31+,32+,33-,35-,37-,38-,39-/m0/s1. The number of halogens is 1. The van der Waals surface area contributed by atoms with Crippen molar-refractivity contribution in [3.05, 3.63) is 58.4 Å². The number of hydrogen-bond acceptors (Lipinski definition) is 5. The minimum atomic E-state index is -0.579. The third kappa shape index (κ3) is 5.89. The Hall–Kier alpha value is -2.51. The first kappa shape index (κ1) is 34.8. The van der Waals surface area contributed by atoms with Gasteiger partial charge in [-0.3, -0.25) is 9.59 Å². The molecule has 254 valence electrons. The molecule has 4 fully saturated rings. The molecular formula is C39H56FNO5. The van der Waals surface area contributed by atoms with Gasteiger partial charge in [0.1, 0.15) is 11.9 Å². The van der Waals surface area contributed by atoms with Gasteiger partial charge in [0.25, 0.3) is 0 Å². The average molecular weight is 638 g/mol. The number of carbonyl (C=O) groups is 2. The van der Waals surface area contributed by atoms with Crippen LogP contribution >= 0.6 is 0 Å². The Morgan fingerprint density at radius 2 is 1.72 bits per heavy atom. The number of benzene rings is 1. The molecule has 5 rings (SSSR count). The van der Waals surface area contributed by atoms with E-state index in [2.05, 4.69) is 39.1 Å². The summed E-state index contributed by atoms with van der Waals surface area (Å²) in [6.07, 6.45) is 6.48. The van der Waals surface area contributed by atoms with Crippen molar-refractivity contribution in [1.29, 1.82) is 0 Å². The van der Waals surface area contributed by atoms with Crippen molar-refractivity contribution in [2.75, 3.05) is 0 Å². The molecule has 1 aromatic rings. The minimum absolute atomic E-state index is 0.0359. The number of allylic oxidation sites excluding steroid dienone is 2. The molecule has 0 spiro atoms. The summed E-state index contributed by atoms with van der Waals surface area (Å²) in [7, 11) is 0. The SMILES string of the molecule is CC(=O)O[C@H]1C[C@@]2(C)[C@@H](C[C@@H](O)[C@H]3[C@@]4(C)CC[C@@H](O)[C@@H](C)[C@@H]4CC[C@@]32C)/C1=C(\CCC=C(C)C)C(=O)N[C@@H](C)c1ccc(F)cc1. The van der Waals surface area contributed by atoms with Crippen LogP contribution in [0.5, 0.6) is 0 Å². The second-order valence-corrected chi connectivity index (χ2v) is 16.1. The van der Waals surface area contributed by atoms with Crippen LogP contribution in [0, 0.1) is 45.7 Å². The highest BCUT2D eigenvalue weighted by molar-refractivity contribution is 5.95. The molecule has 11 atom stereocenters. The molecule has 1 aromatic carbocycles. The largest absolute Gasteiger partial charge is 0.458 e. The Morgan fingerprint density at radius 1 is 1.04 bits per heavy atom. The van der Waals surface area contributed by atoms with Crippen molar-refractivity contribution < 1.29 is 28.9 Å². The molecular weight excluding hydrogens is 581 g/mol. The van der Waals surface area contributed by atoms with E-state index in [0.717, 1.165) is 42.4 Å². The van der Waals surface area contributed by atoms with Gasteiger partial charge < -0.3 is 20.3 Å². The zero-order valence-corrected chi connectivity index (χ0v) is 29.2. The fourth-order valence-electron chi connectivity index (χ4n) is 10.9. The predicted molar refractivity (Wildman–Crippen MR) is 178 cm³/mol. The lowest BCUT2D eigenvalue weighted by molar-refractivity contribution is -0.234. The summed E-state index contributed by atoms with van der Waals surface area (Å²) >= 11 is 0. The number of ether oxygens (including phenoxy) is 1. The first-order chi connectivity index (χ1) is 21.5. The molecule has 0 aromatic heterocycles.